The van der Waals surface area contributed by atoms with Gasteiger partial charge in [-0.1, -0.05) is 43.2 Å². The number of hydrogen-bond acceptors (Lipinski definition) is 2. The van der Waals surface area contributed by atoms with Gasteiger partial charge in [-0.2, -0.15) is 0 Å². The number of hydrogen-bond donors (Lipinski definition) is 2. The van der Waals surface area contributed by atoms with Gasteiger partial charge in [-0.05, 0) is 36.5 Å². The van der Waals surface area contributed by atoms with Gasteiger partial charge in [0.15, 0.2) is 11.5 Å². The standard InChI is InChI=1S/C15H18O2/c16-14-10-9-13(11-15(14)17)8-4-3-7-12-5-1-2-6-12/h3-4,7-12,16-17H,1-2,5-6H2/b7-3+,8-4+. The first kappa shape index (κ1) is 11.8. The molecule has 0 aliphatic heterocycles. The molecule has 2 nitrogen and oxygen atoms in total. The van der Waals surface area contributed by atoms with Crippen molar-refractivity contribution in [2.24, 2.45) is 5.92 Å². The van der Waals surface area contributed by atoms with E-state index in [0.29, 0.717) is 0 Å². The van der Waals surface area contributed by atoms with E-state index >= 15 is 0 Å². The van der Waals surface area contributed by atoms with Crippen molar-refractivity contribution in [2.45, 2.75) is 25.7 Å². The fraction of sp³-hybridized carbons (Fsp3) is 0.333. The summed E-state index contributed by atoms with van der Waals surface area (Å²) in [4.78, 5) is 0. The van der Waals surface area contributed by atoms with Gasteiger partial charge >= 0.3 is 0 Å². The third-order valence-electron chi connectivity index (χ3n) is 3.18. The molecule has 1 aromatic carbocycles. The molecule has 0 heterocycles. The van der Waals surface area contributed by atoms with Crippen LogP contribution in [0, 0.1) is 5.92 Å². The van der Waals surface area contributed by atoms with Gasteiger partial charge in [0.25, 0.3) is 0 Å². The molecule has 2 heteroatoms. The van der Waals surface area contributed by atoms with Crippen LogP contribution in [0.15, 0.2) is 36.4 Å². The van der Waals surface area contributed by atoms with Crippen LogP contribution in [0.1, 0.15) is 31.2 Å². The molecule has 2 rings (SSSR count). The van der Waals surface area contributed by atoms with Crippen LogP contribution in [0.2, 0.25) is 0 Å². The second-order valence-electron chi connectivity index (χ2n) is 4.54. The summed E-state index contributed by atoms with van der Waals surface area (Å²) >= 11 is 0. The average Bonchev–Trinajstić information content (AvgIpc) is 2.82. The number of aromatic hydroxyl groups is 2. The molecule has 1 fully saturated rings. The van der Waals surface area contributed by atoms with Gasteiger partial charge in [-0.3, -0.25) is 0 Å². The highest BCUT2D eigenvalue weighted by Gasteiger charge is 2.10. The van der Waals surface area contributed by atoms with Crippen molar-refractivity contribution in [3.05, 3.63) is 42.0 Å². The first-order chi connectivity index (χ1) is 8.25. The molecule has 90 valence electrons. The summed E-state index contributed by atoms with van der Waals surface area (Å²) in [5.74, 6) is 0.587. The molecule has 0 amide bonds. The maximum absolute atomic E-state index is 9.33. The molecule has 1 aliphatic rings. The van der Waals surface area contributed by atoms with Crippen molar-refractivity contribution in [1.82, 2.24) is 0 Å². The molecule has 1 aliphatic carbocycles. The minimum absolute atomic E-state index is 0.0769. The number of phenols is 2. The number of benzene rings is 1. The monoisotopic (exact) mass is 230 g/mol. The zero-order chi connectivity index (χ0) is 12.1. The predicted molar refractivity (Wildman–Crippen MR) is 69.9 cm³/mol. The van der Waals surface area contributed by atoms with E-state index in [1.54, 1.807) is 12.1 Å². The third kappa shape index (κ3) is 3.38. The van der Waals surface area contributed by atoms with E-state index in [0.717, 1.165) is 11.5 Å². The zero-order valence-corrected chi connectivity index (χ0v) is 9.84. The predicted octanol–water partition coefficient (Wildman–Crippen LogP) is 3.86. The topological polar surface area (TPSA) is 40.5 Å². The Morgan fingerprint density at radius 2 is 1.76 bits per heavy atom. The molecule has 2 N–H and O–H groups in total. The van der Waals surface area contributed by atoms with Crippen molar-refractivity contribution >= 4 is 6.08 Å². The summed E-state index contributed by atoms with van der Waals surface area (Å²) in [6.45, 7) is 0. The molecule has 0 unspecified atom stereocenters. The lowest BCUT2D eigenvalue weighted by Gasteiger charge is -1.99. The molecule has 0 radical (unpaired) electrons. The number of allylic oxidation sites excluding steroid dienone is 3. The summed E-state index contributed by atoms with van der Waals surface area (Å²) in [5.41, 5.74) is 0.886. The summed E-state index contributed by atoms with van der Waals surface area (Å²) in [6, 6.07) is 4.82. The molecule has 1 saturated carbocycles. The average molecular weight is 230 g/mol. The quantitative estimate of drug-likeness (QED) is 0.611. The lowest BCUT2D eigenvalue weighted by Crippen LogP contribution is -1.83. The van der Waals surface area contributed by atoms with Crippen molar-refractivity contribution in [3.63, 3.8) is 0 Å². The largest absolute Gasteiger partial charge is 0.504 e. The summed E-state index contributed by atoms with van der Waals surface area (Å²) in [6.07, 6.45) is 13.5. The van der Waals surface area contributed by atoms with Crippen LogP contribution in [-0.4, -0.2) is 10.2 Å². The molecule has 0 saturated heterocycles. The Kier molecular flexibility index (Phi) is 3.86. The lowest BCUT2D eigenvalue weighted by molar-refractivity contribution is 0.403. The van der Waals surface area contributed by atoms with Crippen molar-refractivity contribution in [2.75, 3.05) is 0 Å². The molecular formula is C15H18O2. The Balaban J connectivity index is 1.93. The second-order valence-corrected chi connectivity index (χ2v) is 4.54. The first-order valence-corrected chi connectivity index (χ1v) is 6.12. The van der Waals surface area contributed by atoms with Crippen LogP contribution in [-0.2, 0) is 0 Å². The van der Waals surface area contributed by atoms with Crippen LogP contribution in [0.4, 0.5) is 0 Å². The normalized spacial score (nSPS) is 17.4. The van der Waals surface area contributed by atoms with Gasteiger partial charge in [-0.25, -0.2) is 0 Å². The van der Waals surface area contributed by atoms with Crippen molar-refractivity contribution in [3.8, 4) is 11.5 Å². The van der Waals surface area contributed by atoms with E-state index in [4.69, 9.17) is 0 Å². The van der Waals surface area contributed by atoms with Crippen LogP contribution in [0.25, 0.3) is 6.08 Å². The number of phenolic OH excluding ortho intramolecular Hbond substituents is 2. The molecule has 17 heavy (non-hydrogen) atoms. The van der Waals surface area contributed by atoms with Crippen molar-refractivity contribution < 1.29 is 10.2 Å². The maximum atomic E-state index is 9.33. The summed E-state index contributed by atoms with van der Waals surface area (Å²) in [7, 11) is 0. The van der Waals surface area contributed by atoms with Gasteiger partial charge in [0, 0.05) is 0 Å². The smallest absolute Gasteiger partial charge is 0.157 e. The number of rotatable bonds is 3. The van der Waals surface area contributed by atoms with E-state index in [9.17, 15) is 10.2 Å². The Morgan fingerprint density at radius 1 is 1.00 bits per heavy atom. The molecule has 0 bridgehead atoms. The molecule has 0 atom stereocenters. The van der Waals surface area contributed by atoms with E-state index in [1.165, 1.54) is 31.7 Å². The van der Waals surface area contributed by atoms with Gasteiger partial charge in [-0.15, -0.1) is 0 Å². The molecule has 1 aromatic rings. The van der Waals surface area contributed by atoms with Crippen LogP contribution < -0.4 is 0 Å². The highest BCUT2D eigenvalue weighted by molar-refractivity contribution is 5.56. The Morgan fingerprint density at radius 3 is 2.47 bits per heavy atom. The minimum Gasteiger partial charge on any atom is -0.504 e. The maximum Gasteiger partial charge on any atom is 0.157 e. The highest BCUT2D eigenvalue weighted by atomic mass is 16.3. The Hall–Kier alpha value is -1.70. The van der Waals surface area contributed by atoms with Crippen molar-refractivity contribution in [1.29, 1.82) is 0 Å². The third-order valence-corrected chi connectivity index (χ3v) is 3.18. The Labute approximate surface area is 102 Å². The Bertz CT molecular complexity index is 427. The van der Waals surface area contributed by atoms with Gasteiger partial charge in [0.2, 0.25) is 0 Å². The molecule has 0 spiro atoms. The fourth-order valence-corrected chi connectivity index (χ4v) is 2.18. The van der Waals surface area contributed by atoms with Crippen LogP contribution in [0.3, 0.4) is 0 Å². The van der Waals surface area contributed by atoms with E-state index in [-0.39, 0.29) is 11.5 Å². The van der Waals surface area contributed by atoms with Crippen LogP contribution >= 0.6 is 0 Å². The van der Waals surface area contributed by atoms with Gasteiger partial charge in [0.05, 0.1) is 0 Å². The fourth-order valence-electron chi connectivity index (χ4n) is 2.18. The highest BCUT2D eigenvalue weighted by Crippen LogP contribution is 2.26. The SMILES string of the molecule is Oc1ccc(/C=C/C=C/C2CCCC2)cc1O. The van der Waals surface area contributed by atoms with E-state index < -0.39 is 0 Å². The van der Waals surface area contributed by atoms with Gasteiger partial charge in [0.1, 0.15) is 0 Å². The lowest BCUT2D eigenvalue weighted by atomic mass is 10.1. The minimum atomic E-state index is -0.0800. The first-order valence-electron chi connectivity index (χ1n) is 6.12. The molecule has 0 aromatic heterocycles. The molecular weight excluding hydrogens is 212 g/mol. The van der Waals surface area contributed by atoms with Gasteiger partial charge < -0.3 is 10.2 Å². The summed E-state index contributed by atoms with van der Waals surface area (Å²) in [5, 5.41) is 18.5. The van der Waals surface area contributed by atoms with Crippen LogP contribution in [0.5, 0.6) is 11.5 Å². The van der Waals surface area contributed by atoms with E-state index in [1.807, 2.05) is 12.2 Å². The zero-order valence-electron chi connectivity index (χ0n) is 9.84. The summed E-state index contributed by atoms with van der Waals surface area (Å²) < 4.78 is 0. The second kappa shape index (κ2) is 5.58. The van der Waals surface area contributed by atoms with E-state index in [2.05, 4.69) is 12.2 Å².